The number of aromatic nitrogens is 4. The topological polar surface area (TPSA) is 101 Å². The van der Waals surface area contributed by atoms with E-state index in [1.54, 1.807) is 12.1 Å². The van der Waals surface area contributed by atoms with Crippen LogP contribution in [0.3, 0.4) is 0 Å². The Morgan fingerprint density at radius 1 is 1.25 bits per heavy atom. The molecule has 2 aromatic rings. The van der Waals surface area contributed by atoms with Crippen molar-refractivity contribution in [1.82, 2.24) is 20.6 Å². The third-order valence-corrected chi connectivity index (χ3v) is 3.25. The third kappa shape index (κ3) is 2.16. The molecule has 0 radical (unpaired) electrons. The number of hydrogen-bond acceptors (Lipinski definition) is 5. The highest BCUT2D eigenvalue weighted by molar-refractivity contribution is 7.92. The van der Waals surface area contributed by atoms with Gasteiger partial charge in [0.2, 0.25) is 0 Å². The van der Waals surface area contributed by atoms with Crippen molar-refractivity contribution in [3.63, 3.8) is 0 Å². The molecule has 0 atom stereocenters. The number of nitrogens with one attached hydrogen (secondary N) is 2. The van der Waals surface area contributed by atoms with Gasteiger partial charge in [-0.1, -0.05) is 22.8 Å². The van der Waals surface area contributed by atoms with Crippen LogP contribution in [0.1, 0.15) is 5.56 Å². The van der Waals surface area contributed by atoms with E-state index < -0.39 is 10.0 Å². The van der Waals surface area contributed by atoms with Gasteiger partial charge in [0.1, 0.15) is 0 Å². The summed E-state index contributed by atoms with van der Waals surface area (Å²) < 4.78 is 25.7. The normalized spacial score (nSPS) is 11.3. The summed E-state index contributed by atoms with van der Waals surface area (Å²) in [6, 6.07) is 6.45. The van der Waals surface area contributed by atoms with Gasteiger partial charge in [-0.25, -0.2) is 13.1 Å². The average molecular weight is 239 g/mol. The summed E-state index contributed by atoms with van der Waals surface area (Å²) in [5.41, 5.74) is 0.985. The van der Waals surface area contributed by atoms with Crippen LogP contribution in [0.2, 0.25) is 0 Å². The van der Waals surface area contributed by atoms with Crippen LogP contribution in [0, 0.1) is 6.92 Å². The van der Waals surface area contributed by atoms with E-state index in [-0.39, 0.29) is 10.8 Å². The highest BCUT2D eigenvalue weighted by atomic mass is 32.2. The molecule has 8 heteroatoms. The second kappa shape index (κ2) is 3.89. The Bertz CT molecular complexity index is 561. The minimum absolute atomic E-state index is 0.0828. The van der Waals surface area contributed by atoms with E-state index in [2.05, 4.69) is 25.3 Å². The number of nitrogens with zero attached hydrogens (tertiary/aromatic N) is 3. The van der Waals surface area contributed by atoms with Gasteiger partial charge >= 0.3 is 0 Å². The molecule has 0 unspecified atom stereocenters. The molecule has 0 amide bonds. The zero-order chi connectivity index (χ0) is 11.6. The highest BCUT2D eigenvalue weighted by Gasteiger charge is 2.15. The first-order valence-electron chi connectivity index (χ1n) is 4.41. The average Bonchev–Trinajstić information content (AvgIpc) is 2.70. The molecule has 7 nitrogen and oxygen atoms in total. The molecule has 0 saturated carbocycles. The molecule has 0 aliphatic carbocycles. The molecule has 1 aromatic heterocycles. The number of aryl methyl sites for hydroxylation is 1. The van der Waals surface area contributed by atoms with E-state index in [1.165, 1.54) is 12.1 Å². The van der Waals surface area contributed by atoms with E-state index in [4.69, 9.17) is 0 Å². The van der Waals surface area contributed by atoms with Crippen LogP contribution < -0.4 is 4.72 Å². The second-order valence-electron chi connectivity index (χ2n) is 3.15. The fourth-order valence-electron chi connectivity index (χ4n) is 1.10. The summed E-state index contributed by atoms with van der Waals surface area (Å²) in [5.74, 6) is -0.0828. The zero-order valence-electron chi connectivity index (χ0n) is 8.38. The number of hydrogen-bond donors (Lipinski definition) is 2. The number of rotatable bonds is 3. The maximum atomic E-state index is 11.8. The molecular weight excluding hydrogens is 230 g/mol. The first kappa shape index (κ1) is 10.6. The van der Waals surface area contributed by atoms with Gasteiger partial charge in [-0.15, -0.1) is 5.10 Å². The van der Waals surface area contributed by atoms with E-state index >= 15 is 0 Å². The van der Waals surface area contributed by atoms with Crippen molar-refractivity contribution in [2.75, 3.05) is 4.72 Å². The van der Waals surface area contributed by atoms with Gasteiger partial charge in [0.25, 0.3) is 16.0 Å². The van der Waals surface area contributed by atoms with E-state index in [9.17, 15) is 8.42 Å². The van der Waals surface area contributed by atoms with E-state index in [1.807, 2.05) is 6.92 Å². The SMILES string of the molecule is Cc1ccc(S(=O)(=O)Nc2nn[nH]n2)cc1. The Balaban J connectivity index is 2.29. The quantitative estimate of drug-likeness (QED) is 0.802. The predicted molar refractivity (Wildman–Crippen MR) is 56.2 cm³/mol. The van der Waals surface area contributed by atoms with E-state index in [0.29, 0.717) is 0 Å². The molecule has 0 aliphatic heterocycles. The minimum Gasteiger partial charge on any atom is -0.245 e. The number of anilines is 1. The largest absolute Gasteiger partial charge is 0.276 e. The van der Waals surface area contributed by atoms with Crippen molar-refractivity contribution < 1.29 is 8.42 Å². The molecule has 0 saturated heterocycles. The lowest BCUT2D eigenvalue weighted by Gasteiger charge is -2.03. The molecule has 1 aromatic carbocycles. The summed E-state index contributed by atoms with van der Waals surface area (Å²) in [5, 5.41) is 12.4. The summed E-state index contributed by atoms with van der Waals surface area (Å²) in [6.07, 6.45) is 0. The molecule has 84 valence electrons. The highest BCUT2D eigenvalue weighted by Crippen LogP contribution is 2.12. The lowest BCUT2D eigenvalue weighted by atomic mass is 10.2. The van der Waals surface area contributed by atoms with Gasteiger partial charge < -0.3 is 0 Å². The molecule has 16 heavy (non-hydrogen) atoms. The van der Waals surface area contributed by atoms with Gasteiger partial charge in [-0.3, -0.25) is 0 Å². The van der Waals surface area contributed by atoms with Gasteiger partial charge in [0, 0.05) is 0 Å². The van der Waals surface area contributed by atoms with Gasteiger partial charge in [0.15, 0.2) is 0 Å². The monoisotopic (exact) mass is 239 g/mol. The fraction of sp³-hybridized carbons (Fsp3) is 0.125. The van der Waals surface area contributed by atoms with Crippen molar-refractivity contribution in [1.29, 1.82) is 0 Å². The summed E-state index contributed by atoms with van der Waals surface area (Å²) in [4.78, 5) is 0.155. The van der Waals surface area contributed by atoms with Gasteiger partial charge in [-0.05, 0) is 24.3 Å². The zero-order valence-corrected chi connectivity index (χ0v) is 9.19. The van der Waals surface area contributed by atoms with Crippen LogP contribution in [0.25, 0.3) is 0 Å². The molecule has 2 rings (SSSR count). The number of tetrazole rings is 1. The molecule has 0 spiro atoms. The standard InChI is InChI=1S/C8H9N5O2S/c1-6-2-4-7(5-3-6)16(14,15)11-8-9-12-13-10-8/h2-5H,1H3,(H2,9,10,11,12,13). The maximum Gasteiger partial charge on any atom is 0.276 e. The summed E-state index contributed by atoms with van der Waals surface area (Å²) >= 11 is 0. The van der Waals surface area contributed by atoms with Crippen LogP contribution >= 0.6 is 0 Å². The number of aromatic amines is 1. The molecule has 1 heterocycles. The van der Waals surface area contributed by atoms with Crippen LogP contribution in [0.4, 0.5) is 5.95 Å². The lowest BCUT2D eigenvalue weighted by Crippen LogP contribution is -2.13. The van der Waals surface area contributed by atoms with Crippen molar-refractivity contribution in [2.45, 2.75) is 11.8 Å². The first-order chi connectivity index (χ1) is 7.58. The smallest absolute Gasteiger partial charge is 0.245 e. The molecule has 2 N–H and O–H groups in total. The molecule has 0 fully saturated rings. The Morgan fingerprint density at radius 3 is 2.50 bits per heavy atom. The Labute approximate surface area is 91.9 Å². The maximum absolute atomic E-state index is 11.8. The Morgan fingerprint density at radius 2 is 1.94 bits per heavy atom. The molecular formula is C8H9N5O2S. The Hall–Kier alpha value is -1.96. The number of sulfonamides is 1. The van der Waals surface area contributed by atoms with E-state index in [0.717, 1.165) is 5.56 Å². The molecule has 0 aliphatic rings. The van der Waals surface area contributed by atoms with Crippen molar-refractivity contribution in [3.05, 3.63) is 29.8 Å². The minimum atomic E-state index is -3.63. The van der Waals surface area contributed by atoms with Crippen LogP contribution in [-0.4, -0.2) is 29.0 Å². The van der Waals surface area contributed by atoms with Crippen molar-refractivity contribution in [3.8, 4) is 0 Å². The Kier molecular flexibility index (Phi) is 2.57. The second-order valence-corrected chi connectivity index (χ2v) is 4.84. The number of H-pyrrole nitrogens is 1. The van der Waals surface area contributed by atoms with Crippen molar-refractivity contribution >= 4 is 16.0 Å². The van der Waals surface area contributed by atoms with Crippen molar-refractivity contribution in [2.24, 2.45) is 0 Å². The summed E-state index contributed by atoms with van der Waals surface area (Å²) in [7, 11) is -3.63. The predicted octanol–water partition coefficient (Wildman–Crippen LogP) is 0.309. The first-order valence-corrected chi connectivity index (χ1v) is 5.89. The van der Waals surface area contributed by atoms with Crippen LogP contribution in [-0.2, 0) is 10.0 Å². The summed E-state index contributed by atoms with van der Waals surface area (Å²) in [6.45, 7) is 1.88. The van der Waals surface area contributed by atoms with Gasteiger partial charge in [0.05, 0.1) is 4.90 Å². The fourth-order valence-corrected chi connectivity index (χ4v) is 2.04. The lowest BCUT2D eigenvalue weighted by molar-refractivity contribution is 0.601. The van der Waals surface area contributed by atoms with Gasteiger partial charge in [-0.2, -0.15) is 5.21 Å². The third-order valence-electron chi connectivity index (χ3n) is 1.90. The number of benzene rings is 1. The van der Waals surface area contributed by atoms with Crippen LogP contribution in [0.5, 0.6) is 0 Å². The van der Waals surface area contributed by atoms with Crippen LogP contribution in [0.15, 0.2) is 29.2 Å². The molecule has 0 bridgehead atoms.